The van der Waals surface area contributed by atoms with Gasteiger partial charge in [0.15, 0.2) is 0 Å². The molecular weight excluding hydrogens is 266 g/mol. The maximum absolute atomic E-state index is 11.5. The van der Waals surface area contributed by atoms with Gasteiger partial charge in [0.2, 0.25) is 0 Å². The van der Waals surface area contributed by atoms with Gasteiger partial charge in [0, 0.05) is 0 Å². The van der Waals surface area contributed by atoms with E-state index in [1.54, 1.807) is 0 Å². The van der Waals surface area contributed by atoms with Gasteiger partial charge in [0.1, 0.15) is 0 Å². The molecule has 0 fully saturated rings. The van der Waals surface area contributed by atoms with Gasteiger partial charge in [-0.15, -0.1) is 0 Å². The van der Waals surface area contributed by atoms with Crippen molar-refractivity contribution in [3.8, 4) is 0 Å². The Morgan fingerprint density at radius 2 is 2.11 bits per heavy atom. The molecule has 0 aliphatic heterocycles. The molecule has 0 aromatic carbocycles. The van der Waals surface area contributed by atoms with Crippen molar-refractivity contribution in [1.29, 1.82) is 0 Å². The minimum absolute atomic E-state index is 0.308. The Balaban J connectivity index is 3.27. The van der Waals surface area contributed by atoms with Crippen molar-refractivity contribution < 1.29 is 28.8 Å². The number of hydroxylamine groups is 1. The minimum atomic E-state index is -2.11. The van der Waals surface area contributed by atoms with E-state index in [1.165, 1.54) is 0 Å². The Kier molecular flexibility index (Phi) is 3.63. The van der Waals surface area contributed by atoms with E-state index in [4.69, 9.17) is 0 Å². The van der Waals surface area contributed by atoms with E-state index in [9.17, 15) is 25.3 Å². The summed E-state index contributed by atoms with van der Waals surface area (Å²) in [6, 6.07) is 0. The lowest BCUT2D eigenvalue weighted by atomic mass is 10.3. The van der Waals surface area contributed by atoms with Crippen molar-refractivity contribution in [2.45, 2.75) is 19.5 Å². The molecule has 0 spiro atoms. The van der Waals surface area contributed by atoms with Crippen LogP contribution in [0.25, 0.3) is 0 Å². The number of carbonyl (C=O) groups excluding carboxylic acids is 1. The van der Waals surface area contributed by atoms with Gasteiger partial charge in [0.25, 0.3) is 0 Å². The predicted molar refractivity (Wildman–Crippen MR) is 53.6 cm³/mol. The van der Waals surface area contributed by atoms with Crippen LogP contribution in [0.3, 0.4) is 0 Å². The average molecular weight is 275 g/mol. The molecule has 0 amide bonds. The normalized spacial score (nSPS) is 12.3. The van der Waals surface area contributed by atoms with Crippen LogP contribution in [0, 0.1) is 20.5 Å². The van der Waals surface area contributed by atoms with E-state index in [0.29, 0.717) is 0 Å². The van der Waals surface area contributed by atoms with E-state index < -0.39 is 28.1 Å². The first-order chi connectivity index (χ1) is 8.71. The molecule has 12 nitrogen and oxygen atoms in total. The molecule has 0 aliphatic rings. The summed E-state index contributed by atoms with van der Waals surface area (Å²) in [5.74, 6) is -1.87. The zero-order chi connectivity index (χ0) is 14.8. The highest BCUT2D eigenvalue weighted by Gasteiger charge is 2.43. The first-order valence-electron chi connectivity index (χ1n) is 4.73. The summed E-state index contributed by atoms with van der Waals surface area (Å²) in [5, 5.41) is 39.4. The summed E-state index contributed by atoms with van der Waals surface area (Å²) in [5.41, 5.74) is -2.90. The second-order valence-corrected chi connectivity index (χ2v) is 3.72. The summed E-state index contributed by atoms with van der Waals surface area (Å²) in [6.45, 7) is 1.96. The number of methoxy groups -OCH3 is 1. The molecule has 0 radical (unpaired) electrons. The average Bonchev–Trinajstić information content (AvgIpc) is 2.69. The van der Waals surface area contributed by atoms with Crippen molar-refractivity contribution in [3.05, 3.63) is 26.2 Å². The number of hydrogen-bond donors (Lipinski definition) is 0. The Bertz CT molecular complexity index is 548. The zero-order valence-electron chi connectivity index (χ0n) is 10.1. The number of rotatable bonds is 4. The van der Waals surface area contributed by atoms with Crippen molar-refractivity contribution >= 4 is 11.8 Å². The molecular formula is C7H9N5O7. The van der Waals surface area contributed by atoms with Gasteiger partial charge >= 0.3 is 23.1 Å². The second kappa shape index (κ2) is 4.83. The molecule has 0 atom stereocenters. The van der Waals surface area contributed by atoms with Crippen molar-refractivity contribution in [3.63, 3.8) is 0 Å². The topological polar surface area (TPSA) is 161 Å². The van der Waals surface area contributed by atoms with Crippen LogP contribution in [0.4, 0.5) is 5.82 Å². The Morgan fingerprint density at radius 3 is 2.58 bits per heavy atom. The van der Waals surface area contributed by atoms with Crippen molar-refractivity contribution in [2.75, 3.05) is 7.11 Å². The van der Waals surface area contributed by atoms with Crippen LogP contribution in [-0.2, 0) is 4.74 Å². The minimum Gasteiger partial charge on any atom is -0.594 e. The molecule has 0 N–H and O–H groups in total. The van der Waals surface area contributed by atoms with Crippen LogP contribution in [-0.4, -0.2) is 33.7 Å². The SMILES string of the molecule is COC(=O)c1c(N=[N+]([O-])C(C)(C)[N+](=O)[O-])no[n+]1[O-]. The molecule has 1 aromatic rings. The number of aromatic nitrogens is 2. The lowest BCUT2D eigenvalue weighted by Gasteiger charge is -2.10. The van der Waals surface area contributed by atoms with E-state index >= 15 is 0 Å². The zero-order valence-corrected chi connectivity index (χ0v) is 10.1. The predicted octanol–water partition coefficient (Wildman–Crippen LogP) is -0.299. The van der Waals surface area contributed by atoms with Crippen LogP contribution < -0.4 is 4.90 Å². The highest BCUT2D eigenvalue weighted by Crippen LogP contribution is 2.17. The number of esters is 1. The number of ether oxygens (including phenoxy) is 1. The third-order valence-electron chi connectivity index (χ3n) is 2.08. The van der Waals surface area contributed by atoms with Gasteiger partial charge in [-0.25, -0.2) is 4.79 Å². The number of azo groups is 1. The van der Waals surface area contributed by atoms with Crippen LogP contribution in [0.15, 0.2) is 9.74 Å². The summed E-state index contributed by atoms with van der Waals surface area (Å²) >= 11 is 0. The third kappa shape index (κ3) is 2.56. The first-order valence-corrected chi connectivity index (χ1v) is 4.73. The second-order valence-electron chi connectivity index (χ2n) is 3.72. The first kappa shape index (κ1) is 14.3. The number of nitro groups is 1. The van der Waals surface area contributed by atoms with Crippen LogP contribution in [0.5, 0.6) is 0 Å². The number of nitrogens with zero attached hydrogens (tertiary/aromatic N) is 5. The van der Waals surface area contributed by atoms with Gasteiger partial charge in [-0.3, -0.25) is 14.7 Å². The molecule has 1 aromatic heterocycles. The summed E-state index contributed by atoms with van der Waals surface area (Å²) in [6.07, 6.45) is 0. The maximum Gasteiger partial charge on any atom is 0.433 e. The summed E-state index contributed by atoms with van der Waals surface area (Å²) in [4.78, 5) is 20.3. The van der Waals surface area contributed by atoms with Gasteiger partial charge in [-0.1, -0.05) is 0 Å². The largest absolute Gasteiger partial charge is 0.594 e. The number of carbonyl (C=O) groups is 1. The Morgan fingerprint density at radius 1 is 1.53 bits per heavy atom. The van der Waals surface area contributed by atoms with Gasteiger partial charge < -0.3 is 15.2 Å². The molecule has 1 heterocycles. The molecule has 1 rings (SSSR count). The van der Waals surface area contributed by atoms with Crippen LogP contribution in [0.1, 0.15) is 24.3 Å². The summed E-state index contributed by atoms with van der Waals surface area (Å²) < 4.78 is 8.33. The van der Waals surface area contributed by atoms with Crippen LogP contribution in [0.2, 0.25) is 0 Å². The van der Waals surface area contributed by atoms with E-state index in [1.807, 2.05) is 0 Å². The molecule has 0 saturated carbocycles. The van der Waals surface area contributed by atoms with Gasteiger partial charge in [0.05, 0.1) is 36.2 Å². The fourth-order valence-electron chi connectivity index (χ4n) is 0.848. The van der Waals surface area contributed by atoms with Gasteiger partial charge in [-0.05, 0) is 9.76 Å². The monoisotopic (exact) mass is 275 g/mol. The standard InChI is InChI=1S/C7H9N5O7/c1-7(2,12(16)17)11(15)8-5-4(6(13)18-3)10(14)19-9-5/h1-3H3. The van der Waals surface area contributed by atoms with E-state index in [0.717, 1.165) is 21.0 Å². The molecule has 19 heavy (non-hydrogen) atoms. The Hall–Kier alpha value is -2.79. The fraction of sp³-hybridized carbons (Fsp3) is 0.571. The quantitative estimate of drug-likeness (QED) is 0.137. The molecule has 0 saturated heterocycles. The number of hydrogen-bond acceptors (Lipinski definition) is 9. The lowest BCUT2D eigenvalue weighted by molar-refractivity contribution is -0.805. The summed E-state index contributed by atoms with van der Waals surface area (Å²) in [7, 11) is 0.981. The molecule has 0 unspecified atom stereocenters. The highest BCUT2D eigenvalue weighted by molar-refractivity contribution is 5.89. The van der Waals surface area contributed by atoms with Gasteiger partial charge in [-0.2, -0.15) is 0 Å². The maximum atomic E-state index is 11.5. The van der Waals surface area contributed by atoms with Crippen molar-refractivity contribution in [2.24, 2.45) is 5.11 Å². The highest BCUT2D eigenvalue weighted by atomic mass is 16.8. The van der Waals surface area contributed by atoms with E-state index in [-0.39, 0.29) is 9.76 Å². The molecule has 0 bridgehead atoms. The Labute approximate surface area is 105 Å². The van der Waals surface area contributed by atoms with Crippen LogP contribution >= 0.6 is 0 Å². The molecule has 0 aliphatic carbocycles. The lowest BCUT2D eigenvalue weighted by Crippen LogP contribution is -2.40. The third-order valence-corrected chi connectivity index (χ3v) is 2.08. The van der Waals surface area contributed by atoms with E-state index in [2.05, 4.69) is 19.6 Å². The molecule has 12 heteroatoms. The smallest absolute Gasteiger partial charge is 0.433 e. The fourth-order valence-corrected chi connectivity index (χ4v) is 0.848. The molecule has 104 valence electrons. The van der Waals surface area contributed by atoms with Crippen molar-refractivity contribution in [1.82, 2.24) is 5.16 Å².